The number of aromatic nitrogens is 1. The molecule has 0 radical (unpaired) electrons. The number of pyridine rings is 1. The number of esters is 1. The summed E-state index contributed by atoms with van der Waals surface area (Å²) in [7, 11) is 1.35. The Morgan fingerprint density at radius 2 is 2.50 bits per heavy atom. The van der Waals surface area contributed by atoms with Crippen LogP contribution >= 0.6 is 11.6 Å². The van der Waals surface area contributed by atoms with Crippen molar-refractivity contribution in [3.05, 3.63) is 29.0 Å². The Morgan fingerprint density at radius 3 is 3.14 bits per heavy atom. The summed E-state index contributed by atoms with van der Waals surface area (Å²) >= 11 is 5.81. The quantitative estimate of drug-likeness (QED) is 0.600. The van der Waals surface area contributed by atoms with E-state index in [-0.39, 0.29) is 12.5 Å². The molecule has 1 N–H and O–H groups in total. The molecule has 0 spiro atoms. The van der Waals surface area contributed by atoms with Crippen LogP contribution in [0, 0.1) is 0 Å². The summed E-state index contributed by atoms with van der Waals surface area (Å²) in [4.78, 5) is 14.7. The molecule has 0 bridgehead atoms. The summed E-state index contributed by atoms with van der Waals surface area (Å²) < 4.78 is 4.47. The molecule has 0 aliphatic carbocycles. The third kappa shape index (κ3) is 3.32. The van der Waals surface area contributed by atoms with Crippen molar-refractivity contribution < 1.29 is 9.53 Å². The minimum absolute atomic E-state index is 0.168. The van der Waals surface area contributed by atoms with Crippen molar-refractivity contribution >= 4 is 17.6 Å². The van der Waals surface area contributed by atoms with Gasteiger partial charge in [0.15, 0.2) is 0 Å². The smallest absolute Gasteiger partial charge is 0.319 e. The minimum atomic E-state index is -0.301. The summed E-state index contributed by atoms with van der Waals surface area (Å²) in [5.41, 5.74) is 0.859. The molecule has 0 aromatic carbocycles. The number of ether oxygens (including phenoxy) is 1. The van der Waals surface area contributed by atoms with Gasteiger partial charge in [-0.05, 0) is 6.07 Å². The van der Waals surface area contributed by atoms with E-state index in [1.54, 1.807) is 12.3 Å². The molecule has 14 heavy (non-hydrogen) atoms. The maximum Gasteiger partial charge on any atom is 0.319 e. The lowest BCUT2D eigenvalue weighted by Gasteiger charge is -2.04. The molecule has 4 nitrogen and oxygen atoms in total. The number of nitrogens with one attached hydrogen (secondary N) is 1. The van der Waals surface area contributed by atoms with Crippen LogP contribution in [0.25, 0.3) is 0 Å². The first-order valence-electron chi connectivity index (χ1n) is 4.11. The highest BCUT2D eigenvalue weighted by Gasteiger charge is 2.02. The van der Waals surface area contributed by atoms with Gasteiger partial charge < -0.3 is 10.1 Å². The van der Waals surface area contributed by atoms with Crippen LogP contribution in [-0.2, 0) is 16.1 Å². The third-order valence-corrected chi connectivity index (χ3v) is 1.99. The lowest BCUT2D eigenvalue weighted by Crippen LogP contribution is -2.23. The van der Waals surface area contributed by atoms with Gasteiger partial charge in [0.1, 0.15) is 5.15 Å². The van der Waals surface area contributed by atoms with Gasteiger partial charge in [0.2, 0.25) is 0 Å². The molecule has 0 amide bonds. The molecule has 1 heterocycles. The maximum absolute atomic E-state index is 10.8. The van der Waals surface area contributed by atoms with E-state index in [1.165, 1.54) is 7.11 Å². The number of hydrogen-bond acceptors (Lipinski definition) is 4. The monoisotopic (exact) mass is 214 g/mol. The van der Waals surface area contributed by atoms with Gasteiger partial charge in [-0.25, -0.2) is 4.98 Å². The Bertz CT molecular complexity index is 317. The van der Waals surface area contributed by atoms with Crippen molar-refractivity contribution in [1.82, 2.24) is 10.3 Å². The summed E-state index contributed by atoms with van der Waals surface area (Å²) in [6, 6.07) is 3.64. The van der Waals surface area contributed by atoms with E-state index in [4.69, 9.17) is 11.6 Å². The Morgan fingerprint density at radius 1 is 1.71 bits per heavy atom. The zero-order valence-corrected chi connectivity index (χ0v) is 8.54. The van der Waals surface area contributed by atoms with Crippen LogP contribution in [0.2, 0.25) is 5.15 Å². The second-order valence-corrected chi connectivity index (χ2v) is 2.99. The van der Waals surface area contributed by atoms with Crippen molar-refractivity contribution in [2.45, 2.75) is 6.54 Å². The Hall–Kier alpha value is -1.13. The summed E-state index contributed by atoms with van der Waals surface area (Å²) in [6.45, 7) is 0.670. The van der Waals surface area contributed by atoms with E-state index in [9.17, 15) is 4.79 Å². The first-order chi connectivity index (χ1) is 6.74. The average molecular weight is 215 g/mol. The molecule has 0 saturated heterocycles. The SMILES string of the molecule is COC(=O)CNCc1cccnc1Cl. The van der Waals surface area contributed by atoms with Crippen molar-refractivity contribution in [2.75, 3.05) is 13.7 Å². The molecule has 0 aliphatic heterocycles. The molecule has 0 atom stereocenters. The summed E-state index contributed by atoms with van der Waals surface area (Å²) in [6.07, 6.45) is 1.62. The fourth-order valence-electron chi connectivity index (χ4n) is 0.923. The van der Waals surface area contributed by atoms with Crippen molar-refractivity contribution in [3.63, 3.8) is 0 Å². The van der Waals surface area contributed by atoms with Gasteiger partial charge in [0.05, 0.1) is 13.7 Å². The Balaban J connectivity index is 2.39. The summed E-state index contributed by atoms with van der Waals surface area (Å²) in [5.74, 6) is -0.301. The van der Waals surface area contributed by atoms with Gasteiger partial charge in [-0.1, -0.05) is 17.7 Å². The molecular weight excluding hydrogens is 204 g/mol. The molecule has 0 aliphatic rings. The van der Waals surface area contributed by atoms with Gasteiger partial charge in [-0.15, -0.1) is 0 Å². The van der Waals surface area contributed by atoms with Crippen LogP contribution in [0.3, 0.4) is 0 Å². The van der Waals surface area contributed by atoms with E-state index in [0.717, 1.165) is 5.56 Å². The standard InChI is InChI=1S/C9H11ClN2O2/c1-14-8(13)6-11-5-7-3-2-4-12-9(7)10/h2-4,11H,5-6H2,1H3. The number of methoxy groups -OCH3 is 1. The minimum Gasteiger partial charge on any atom is -0.468 e. The van der Waals surface area contributed by atoms with E-state index in [1.807, 2.05) is 6.07 Å². The van der Waals surface area contributed by atoms with Crippen LogP contribution < -0.4 is 5.32 Å². The van der Waals surface area contributed by atoms with E-state index in [2.05, 4.69) is 15.0 Å². The largest absolute Gasteiger partial charge is 0.468 e. The fourth-order valence-corrected chi connectivity index (χ4v) is 1.11. The van der Waals surface area contributed by atoms with E-state index in [0.29, 0.717) is 11.7 Å². The second-order valence-electron chi connectivity index (χ2n) is 2.63. The molecule has 0 fully saturated rings. The van der Waals surface area contributed by atoms with Crippen molar-refractivity contribution in [1.29, 1.82) is 0 Å². The first-order valence-corrected chi connectivity index (χ1v) is 4.48. The molecule has 1 aromatic heterocycles. The maximum atomic E-state index is 10.8. The predicted molar refractivity (Wildman–Crippen MR) is 53.0 cm³/mol. The normalized spacial score (nSPS) is 9.86. The van der Waals surface area contributed by atoms with Gasteiger partial charge >= 0.3 is 5.97 Å². The van der Waals surface area contributed by atoms with Gasteiger partial charge in [0, 0.05) is 18.3 Å². The molecule has 1 rings (SSSR count). The van der Waals surface area contributed by atoms with Gasteiger partial charge in [-0.2, -0.15) is 0 Å². The number of carbonyl (C=O) groups is 1. The molecule has 0 saturated carbocycles. The molecule has 76 valence electrons. The molecular formula is C9H11ClN2O2. The lowest BCUT2D eigenvalue weighted by atomic mass is 10.3. The van der Waals surface area contributed by atoms with E-state index >= 15 is 0 Å². The third-order valence-electron chi connectivity index (χ3n) is 1.65. The topological polar surface area (TPSA) is 51.2 Å². The number of carbonyl (C=O) groups excluding carboxylic acids is 1. The highest BCUT2D eigenvalue weighted by atomic mass is 35.5. The number of hydrogen-bond donors (Lipinski definition) is 1. The first kappa shape index (κ1) is 10.9. The van der Waals surface area contributed by atoms with Crippen molar-refractivity contribution in [3.8, 4) is 0 Å². The summed E-state index contributed by atoms with van der Waals surface area (Å²) in [5, 5.41) is 3.34. The average Bonchev–Trinajstić information content (AvgIpc) is 2.20. The highest BCUT2D eigenvalue weighted by molar-refractivity contribution is 6.30. The number of nitrogens with zero attached hydrogens (tertiary/aromatic N) is 1. The van der Waals surface area contributed by atoms with Crippen LogP contribution in [-0.4, -0.2) is 24.6 Å². The highest BCUT2D eigenvalue weighted by Crippen LogP contribution is 2.10. The molecule has 5 heteroatoms. The molecule has 0 unspecified atom stereocenters. The lowest BCUT2D eigenvalue weighted by molar-refractivity contribution is -0.139. The van der Waals surface area contributed by atoms with Crippen LogP contribution in [0.5, 0.6) is 0 Å². The zero-order chi connectivity index (χ0) is 10.4. The Kier molecular flexibility index (Phi) is 4.35. The van der Waals surface area contributed by atoms with Gasteiger partial charge in [0.25, 0.3) is 0 Å². The Labute approximate surface area is 87.2 Å². The van der Waals surface area contributed by atoms with Crippen LogP contribution in [0.15, 0.2) is 18.3 Å². The fraction of sp³-hybridized carbons (Fsp3) is 0.333. The number of halogens is 1. The number of rotatable bonds is 4. The van der Waals surface area contributed by atoms with Crippen molar-refractivity contribution in [2.24, 2.45) is 0 Å². The van der Waals surface area contributed by atoms with Gasteiger partial charge in [-0.3, -0.25) is 4.79 Å². The second kappa shape index (κ2) is 5.57. The van der Waals surface area contributed by atoms with Crippen LogP contribution in [0.4, 0.5) is 0 Å². The predicted octanol–water partition coefficient (Wildman–Crippen LogP) is 0.998. The molecule has 1 aromatic rings. The van der Waals surface area contributed by atoms with Crippen LogP contribution in [0.1, 0.15) is 5.56 Å². The zero-order valence-electron chi connectivity index (χ0n) is 7.79. The van der Waals surface area contributed by atoms with E-state index < -0.39 is 0 Å².